The second kappa shape index (κ2) is 12.1. The molecule has 0 amide bonds. The van der Waals surface area contributed by atoms with Gasteiger partial charge in [0.25, 0.3) is 0 Å². The van der Waals surface area contributed by atoms with E-state index in [2.05, 4.69) is 0 Å². The first-order valence-corrected chi connectivity index (χ1v) is 15.3. The van der Waals surface area contributed by atoms with Crippen LogP contribution in [0.3, 0.4) is 0 Å². The Bertz CT molecular complexity index is 1230. The third-order valence-electron chi connectivity index (χ3n) is 10.5. The number of ketones is 2. The Morgan fingerprint density at radius 3 is 2.47 bits per heavy atom. The zero-order valence-electron chi connectivity index (χ0n) is 25.6. The van der Waals surface area contributed by atoms with Crippen molar-refractivity contribution >= 4 is 29.8 Å². The molecule has 8 atom stereocenters. The summed E-state index contributed by atoms with van der Waals surface area (Å²) in [5.41, 5.74) is -6.14. The molecular formula is C32H43FO10. The highest BCUT2D eigenvalue weighted by Gasteiger charge is 2.77. The van der Waals surface area contributed by atoms with Gasteiger partial charge in [-0.15, -0.1) is 0 Å². The molecule has 0 aromatic heterocycles. The Morgan fingerprint density at radius 2 is 1.79 bits per heavy atom. The van der Waals surface area contributed by atoms with Crippen LogP contribution >= 0.6 is 0 Å². The molecular weight excluding hydrogens is 563 g/mol. The van der Waals surface area contributed by atoms with E-state index in [1.807, 2.05) is 6.92 Å². The molecule has 10 nitrogen and oxygen atoms in total. The number of Topliss-reactive ketones (excluding diaryl/α,β-unsaturated/α-hetero) is 1. The van der Waals surface area contributed by atoms with Crippen molar-refractivity contribution in [3.8, 4) is 0 Å². The van der Waals surface area contributed by atoms with E-state index >= 15 is 4.39 Å². The van der Waals surface area contributed by atoms with Crippen LogP contribution in [0.2, 0.25) is 0 Å². The van der Waals surface area contributed by atoms with Crippen LogP contribution in [0.25, 0.3) is 0 Å². The predicted molar refractivity (Wildman–Crippen MR) is 150 cm³/mol. The van der Waals surface area contributed by atoms with Gasteiger partial charge in [-0.25, -0.2) is 14.0 Å². The minimum atomic E-state index is -2.17. The van der Waals surface area contributed by atoms with Crippen molar-refractivity contribution in [2.45, 2.75) is 103 Å². The van der Waals surface area contributed by atoms with Gasteiger partial charge in [-0.2, -0.15) is 0 Å². The summed E-state index contributed by atoms with van der Waals surface area (Å²) in [7, 11) is 0. The van der Waals surface area contributed by atoms with Crippen LogP contribution in [-0.2, 0) is 33.3 Å². The maximum absolute atomic E-state index is 17.6. The smallest absolute Gasteiger partial charge is 0.434 e. The molecule has 3 saturated carbocycles. The fourth-order valence-corrected chi connectivity index (χ4v) is 8.47. The SMILES string of the molecule is CCCCC(=O)OC(=O)O[C@]1(C(=O)COC(=O)OCCC)[C@H](C)C[C@H]2[C@@H]3CCC4=CC(=O)C=C[C@]4(C)[C@@]3(F)[C@@H](O)C[C@@]21C. The predicted octanol–water partition coefficient (Wildman–Crippen LogP) is 5.34. The van der Waals surface area contributed by atoms with Crippen LogP contribution in [0.15, 0.2) is 23.8 Å². The van der Waals surface area contributed by atoms with E-state index in [0.29, 0.717) is 37.7 Å². The first kappa shape index (κ1) is 32.8. The van der Waals surface area contributed by atoms with Crippen LogP contribution in [0.5, 0.6) is 0 Å². The van der Waals surface area contributed by atoms with Gasteiger partial charge in [-0.3, -0.25) is 14.4 Å². The van der Waals surface area contributed by atoms with Crippen LogP contribution in [0, 0.1) is 28.6 Å². The molecule has 43 heavy (non-hydrogen) atoms. The lowest BCUT2D eigenvalue weighted by Crippen LogP contribution is -2.70. The highest BCUT2D eigenvalue weighted by Crippen LogP contribution is 2.71. The van der Waals surface area contributed by atoms with Crippen LogP contribution < -0.4 is 0 Å². The highest BCUT2D eigenvalue weighted by atomic mass is 19.1. The van der Waals surface area contributed by atoms with Gasteiger partial charge in [-0.05, 0) is 63.5 Å². The lowest BCUT2D eigenvalue weighted by atomic mass is 9.44. The minimum Gasteiger partial charge on any atom is -0.434 e. The summed E-state index contributed by atoms with van der Waals surface area (Å²) < 4.78 is 38.3. The van der Waals surface area contributed by atoms with Gasteiger partial charge in [0.2, 0.25) is 5.78 Å². The molecule has 4 aliphatic rings. The zero-order chi connectivity index (χ0) is 31.8. The summed E-state index contributed by atoms with van der Waals surface area (Å²) >= 11 is 0. The molecule has 0 aromatic rings. The molecule has 11 heteroatoms. The molecule has 0 heterocycles. The van der Waals surface area contributed by atoms with Crippen molar-refractivity contribution in [3.05, 3.63) is 23.8 Å². The van der Waals surface area contributed by atoms with Gasteiger partial charge < -0.3 is 24.1 Å². The highest BCUT2D eigenvalue weighted by molar-refractivity contribution is 6.01. The van der Waals surface area contributed by atoms with E-state index in [0.717, 1.165) is 0 Å². The van der Waals surface area contributed by atoms with E-state index < -0.39 is 76.6 Å². The number of hydrogen-bond donors (Lipinski definition) is 1. The molecule has 0 saturated heterocycles. The number of unbranched alkanes of at least 4 members (excludes halogenated alkanes) is 1. The van der Waals surface area contributed by atoms with Gasteiger partial charge in [-0.1, -0.05) is 45.8 Å². The number of halogens is 1. The van der Waals surface area contributed by atoms with Gasteiger partial charge in [0.05, 0.1) is 12.7 Å². The van der Waals surface area contributed by atoms with Gasteiger partial charge in [0.15, 0.2) is 23.7 Å². The molecule has 0 aromatic carbocycles. The largest absolute Gasteiger partial charge is 0.517 e. The first-order chi connectivity index (χ1) is 20.2. The van der Waals surface area contributed by atoms with E-state index in [1.54, 1.807) is 27.7 Å². The molecule has 1 N–H and O–H groups in total. The number of carbonyl (C=O) groups is 5. The van der Waals surface area contributed by atoms with Crippen molar-refractivity contribution < 1.29 is 52.4 Å². The number of esters is 1. The van der Waals surface area contributed by atoms with Crippen molar-refractivity contribution in [1.82, 2.24) is 0 Å². The Morgan fingerprint density at radius 1 is 1.07 bits per heavy atom. The van der Waals surface area contributed by atoms with E-state index in [9.17, 15) is 29.1 Å². The number of ether oxygens (including phenoxy) is 4. The van der Waals surface area contributed by atoms with E-state index in [4.69, 9.17) is 18.9 Å². The molecule has 0 spiro atoms. The third kappa shape index (κ3) is 5.21. The third-order valence-corrected chi connectivity index (χ3v) is 10.5. The Labute approximate surface area is 251 Å². The van der Waals surface area contributed by atoms with Gasteiger partial charge in [0.1, 0.15) is 0 Å². The number of hydrogen-bond acceptors (Lipinski definition) is 10. The summed E-state index contributed by atoms with van der Waals surface area (Å²) in [6.45, 7) is 7.99. The maximum atomic E-state index is 17.6. The maximum Gasteiger partial charge on any atom is 0.517 e. The van der Waals surface area contributed by atoms with Gasteiger partial charge in [0, 0.05) is 29.1 Å². The monoisotopic (exact) mass is 606 g/mol. The molecule has 3 fully saturated rings. The average Bonchev–Trinajstić information content (AvgIpc) is 3.16. The van der Waals surface area contributed by atoms with Gasteiger partial charge >= 0.3 is 18.3 Å². The lowest BCUT2D eigenvalue weighted by Gasteiger charge is -2.62. The molecule has 0 bridgehead atoms. The van der Waals surface area contributed by atoms with Crippen LogP contribution in [0.1, 0.15) is 86.0 Å². The molecule has 0 radical (unpaired) electrons. The fraction of sp³-hybridized carbons (Fsp3) is 0.719. The first-order valence-electron chi connectivity index (χ1n) is 15.3. The van der Waals surface area contributed by atoms with Crippen molar-refractivity contribution in [2.24, 2.45) is 28.6 Å². The quantitative estimate of drug-likeness (QED) is 0.270. The van der Waals surface area contributed by atoms with E-state index in [1.165, 1.54) is 18.2 Å². The van der Waals surface area contributed by atoms with Crippen LogP contribution in [0.4, 0.5) is 14.0 Å². The number of carbonyl (C=O) groups excluding carboxylic acids is 5. The molecule has 0 unspecified atom stereocenters. The molecule has 0 aliphatic heterocycles. The summed E-state index contributed by atoms with van der Waals surface area (Å²) in [5.74, 6) is -3.86. The Kier molecular flexibility index (Phi) is 9.26. The van der Waals surface area contributed by atoms with Crippen LogP contribution in [-0.4, -0.2) is 65.5 Å². The molecule has 4 rings (SSSR count). The lowest BCUT2D eigenvalue weighted by molar-refractivity contribution is -0.222. The van der Waals surface area contributed by atoms with E-state index in [-0.39, 0.29) is 31.7 Å². The zero-order valence-corrected chi connectivity index (χ0v) is 25.6. The summed E-state index contributed by atoms with van der Waals surface area (Å²) in [5, 5.41) is 11.7. The number of aliphatic hydroxyl groups is 1. The molecule has 4 aliphatic carbocycles. The van der Waals surface area contributed by atoms with Crippen molar-refractivity contribution in [3.63, 3.8) is 0 Å². The summed E-state index contributed by atoms with van der Waals surface area (Å²) in [4.78, 5) is 63.7. The minimum absolute atomic E-state index is 0.0238. The average molecular weight is 607 g/mol. The number of fused-ring (bicyclic) bond motifs is 5. The summed E-state index contributed by atoms with van der Waals surface area (Å²) in [6, 6.07) is 0. The number of aliphatic hydroxyl groups excluding tert-OH is 1. The summed E-state index contributed by atoms with van der Waals surface area (Å²) in [6.07, 6.45) is 2.62. The second-order valence-corrected chi connectivity index (χ2v) is 12.9. The number of alkyl halides is 1. The Hall–Kier alpha value is -3.08. The number of rotatable bonds is 9. The van der Waals surface area contributed by atoms with Crippen molar-refractivity contribution in [2.75, 3.05) is 13.2 Å². The fourth-order valence-electron chi connectivity index (χ4n) is 8.47. The Balaban J connectivity index is 1.72. The standard InChI is InChI=1S/C32H43FO10/c1-6-8-9-26(37)42-28(39)43-32(25(36)18-41-27(38)40-14-7-2)19(3)15-23-22-11-10-20-16-21(34)12-13-29(20,4)31(22,33)24(35)17-30(23,32)5/h12-13,16,19,22-24,35H,6-11,14-15,17-18H2,1-5H3/t19-,22+,23+,24+,29+,30+,31+,32+/m1/s1. The number of allylic oxidation sites excluding steroid dienone is 4. The molecule has 238 valence electrons. The second-order valence-electron chi connectivity index (χ2n) is 12.9. The normalized spacial score (nSPS) is 37.7. The topological polar surface area (TPSA) is 143 Å². The van der Waals surface area contributed by atoms with Crippen molar-refractivity contribution in [1.29, 1.82) is 0 Å².